The molecule has 1 aliphatic carbocycles. The molecule has 0 spiro atoms. The molecule has 2 amide bonds. The molecular weight excluding hydrogens is 452 g/mol. The van der Waals surface area contributed by atoms with Crippen LogP contribution < -0.4 is 22.1 Å². The predicted octanol–water partition coefficient (Wildman–Crippen LogP) is 3.05. The minimum Gasteiger partial charge on any atom is -0.384 e. The Balaban J connectivity index is 1.68. The molecule has 1 aromatic heterocycles. The average molecular weight is 481 g/mol. The molecule has 1 heterocycles. The SMILES string of the molecule is NCCNC(=O)Nc1ccc(-c2nc(N)cc(C3(S(=O)(=O)c4ccccc4)CCCC3)n2)cc1. The van der Waals surface area contributed by atoms with Gasteiger partial charge in [0, 0.05) is 30.4 Å². The second-order valence-corrected chi connectivity index (χ2v) is 10.5. The fourth-order valence-electron chi connectivity index (χ4n) is 4.33. The number of nitrogens with zero attached hydrogens (tertiary/aromatic N) is 2. The molecule has 0 bridgehead atoms. The number of nitrogens with two attached hydrogens (primary N) is 2. The van der Waals surface area contributed by atoms with Gasteiger partial charge < -0.3 is 22.1 Å². The third-order valence-electron chi connectivity index (χ3n) is 6.02. The molecule has 3 aromatic rings. The topological polar surface area (TPSA) is 153 Å². The molecule has 0 aliphatic heterocycles. The van der Waals surface area contributed by atoms with E-state index in [2.05, 4.69) is 15.6 Å². The normalized spacial score (nSPS) is 15.1. The van der Waals surface area contributed by atoms with Crippen LogP contribution in [0.4, 0.5) is 16.3 Å². The highest BCUT2D eigenvalue weighted by atomic mass is 32.2. The lowest BCUT2D eigenvalue weighted by Gasteiger charge is -2.29. The number of rotatable bonds is 7. The first-order valence-corrected chi connectivity index (χ1v) is 12.6. The number of nitrogen functional groups attached to an aromatic ring is 1. The number of anilines is 2. The smallest absolute Gasteiger partial charge is 0.319 e. The van der Waals surface area contributed by atoms with Crippen molar-refractivity contribution in [1.82, 2.24) is 15.3 Å². The Bertz CT molecular complexity index is 1260. The Labute approximate surface area is 198 Å². The zero-order valence-electron chi connectivity index (χ0n) is 18.7. The van der Waals surface area contributed by atoms with Crippen LogP contribution in [0.1, 0.15) is 31.4 Å². The van der Waals surface area contributed by atoms with Crippen LogP contribution in [0.3, 0.4) is 0 Å². The van der Waals surface area contributed by atoms with Gasteiger partial charge in [-0.1, -0.05) is 31.0 Å². The first-order chi connectivity index (χ1) is 16.4. The van der Waals surface area contributed by atoms with Gasteiger partial charge in [0.15, 0.2) is 15.7 Å². The number of carbonyl (C=O) groups excluding carboxylic acids is 1. The van der Waals surface area contributed by atoms with Crippen LogP contribution in [-0.2, 0) is 14.6 Å². The van der Waals surface area contributed by atoms with Gasteiger partial charge in [-0.25, -0.2) is 23.2 Å². The zero-order chi connectivity index (χ0) is 24.2. The number of nitrogens with one attached hydrogen (secondary N) is 2. The van der Waals surface area contributed by atoms with Crippen LogP contribution in [0, 0.1) is 0 Å². The summed E-state index contributed by atoms with van der Waals surface area (Å²) in [5.74, 6) is 0.543. The van der Waals surface area contributed by atoms with Crippen LogP contribution in [0.15, 0.2) is 65.6 Å². The maximum atomic E-state index is 13.8. The number of benzene rings is 2. The molecule has 1 aliphatic rings. The van der Waals surface area contributed by atoms with Crippen LogP contribution in [-0.4, -0.2) is 37.5 Å². The van der Waals surface area contributed by atoms with Crippen LogP contribution in [0.25, 0.3) is 11.4 Å². The monoisotopic (exact) mass is 480 g/mol. The zero-order valence-corrected chi connectivity index (χ0v) is 19.5. The highest BCUT2D eigenvalue weighted by Gasteiger charge is 2.49. The highest BCUT2D eigenvalue weighted by Crippen LogP contribution is 2.48. The molecule has 4 rings (SSSR count). The van der Waals surface area contributed by atoms with Gasteiger partial charge in [-0.15, -0.1) is 0 Å². The third-order valence-corrected chi connectivity index (χ3v) is 8.56. The molecule has 0 atom stereocenters. The van der Waals surface area contributed by atoms with E-state index in [1.807, 2.05) is 0 Å². The molecule has 34 heavy (non-hydrogen) atoms. The average Bonchev–Trinajstić information content (AvgIpc) is 3.35. The minimum absolute atomic E-state index is 0.206. The van der Waals surface area contributed by atoms with Gasteiger partial charge in [0.1, 0.15) is 10.6 Å². The molecule has 0 radical (unpaired) electrons. The van der Waals surface area contributed by atoms with E-state index in [0.717, 1.165) is 12.8 Å². The van der Waals surface area contributed by atoms with Gasteiger partial charge in [0.05, 0.1) is 10.6 Å². The van der Waals surface area contributed by atoms with Gasteiger partial charge in [-0.05, 0) is 49.2 Å². The maximum absolute atomic E-state index is 13.8. The summed E-state index contributed by atoms with van der Waals surface area (Å²) >= 11 is 0. The number of hydrogen-bond donors (Lipinski definition) is 4. The molecule has 1 fully saturated rings. The Morgan fingerprint density at radius 1 is 1.00 bits per heavy atom. The number of hydrogen-bond acceptors (Lipinski definition) is 7. The van der Waals surface area contributed by atoms with Gasteiger partial charge in [0.2, 0.25) is 0 Å². The van der Waals surface area contributed by atoms with Crippen molar-refractivity contribution in [3.05, 3.63) is 66.4 Å². The van der Waals surface area contributed by atoms with Crippen molar-refractivity contribution in [2.24, 2.45) is 5.73 Å². The summed E-state index contributed by atoms with van der Waals surface area (Å²) in [7, 11) is -3.71. The summed E-state index contributed by atoms with van der Waals surface area (Å²) in [6.45, 7) is 0.723. The summed E-state index contributed by atoms with van der Waals surface area (Å²) in [5.41, 5.74) is 13.2. The number of carbonyl (C=O) groups is 1. The van der Waals surface area contributed by atoms with Gasteiger partial charge in [-0.2, -0.15) is 0 Å². The largest absolute Gasteiger partial charge is 0.384 e. The Kier molecular flexibility index (Phi) is 6.80. The number of amides is 2. The van der Waals surface area contributed by atoms with Crippen molar-refractivity contribution in [1.29, 1.82) is 0 Å². The van der Waals surface area contributed by atoms with Gasteiger partial charge in [0.25, 0.3) is 0 Å². The molecule has 178 valence electrons. The lowest BCUT2D eigenvalue weighted by Crippen LogP contribution is -2.34. The first-order valence-electron chi connectivity index (χ1n) is 11.2. The van der Waals surface area contributed by atoms with E-state index in [1.165, 1.54) is 0 Å². The second kappa shape index (κ2) is 9.78. The van der Waals surface area contributed by atoms with Gasteiger partial charge >= 0.3 is 6.03 Å². The summed E-state index contributed by atoms with van der Waals surface area (Å²) in [5, 5.41) is 5.35. The molecule has 9 nitrogen and oxygen atoms in total. The summed E-state index contributed by atoms with van der Waals surface area (Å²) in [6, 6.07) is 16.7. The quantitative estimate of drug-likeness (QED) is 0.405. The van der Waals surface area contributed by atoms with E-state index in [0.29, 0.717) is 48.7 Å². The van der Waals surface area contributed by atoms with E-state index in [-0.39, 0.29) is 16.7 Å². The fraction of sp³-hybridized carbons (Fsp3) is 0.292. The highest BCUT2D eigenvalue weighted by molar-refractivity contribution is 7.92. The van der Waals surface area contributed by atoms with Crippen molar-refractivity contribution in [2.75, 3.05) is 24.1 Å². The number of urea groups is 1. The van der Waals surface area contributed by atoms with Crippen LogP contribution in [0.5, 0.6) is 0 Å². The Morgan fingerprint density at radius 3 is 2.32 bits per heavy atom. The van der Waals surface area contributed by atoms with Crippen LogP contribution in [0.2, 0.25) is 0 Å². The van der Waals surface area contributed by atoms with Crippen molar-refractivity contribution in [3.63, 3.8) is 0 Å². The summed E-state index contributed by atoms with van der Waals surface area (Å²) in [6.07, 6.45) is 2.53. The number of sulfone groups is 1. The predicted molar refractivity (Wildman–Crippen MR) is 132 cm³/mol. The Hall–Kier alpha value is -3.50. The van der Waals surface area contributed by atoms with E-state index in [4.69, 9.17) is 16.5 Å². The molecular formula is C24H28N6O3S. The second-order valence-electron chi connectivity index (χ2n) is 8.27. The van der Waals surface area contributed by atoms with Crippen molar-refractivity contribution >= 4 is 27.4 Å². The molecule has 0 unspecified atom stereocenters. The third kappa shape index (κ3) is 4.59. The van der Waals surface area contributed by atoms with E-state index in [9.17, 15) is 13.2 Å². The lowest BCUT2D eigenvalue weighted by molar-refractivity contribution is 0.252. The van der Waals surface area contributed by atoms with E-state index < -0.39 is 14.6 Å². The number of aromatic nitrogens is 2. The molecule has 1 saturated carbocycles. The minimum atomic E-state index is -3.71. The van der Waals surface area contributed by atoms with Crippen molar-refractivity contribution in [2.45, 2.75) is 35.3 Å². The van der Waals surface area contributed by atoms with Crippen LogP contribution >= 0.6 is 0 Å². The standard InChI is InChI=1S/C24H28N6O3S/c25-14-15-27-23(31)28-18-10-8-17(9-11-18)22-29-20(16-21(26)30-22)24(12-4-5-13-24)34(32,33)19-6-2-1-3-7-19/h1-3,6-11,16H,4-5,12-15,25H2,(H2,26,29,30)(H2,27,28,31). The molecule has 0 saturated heterocycles. The van der Waals surface area contributed by atoms with Gasteiger partial charge in [-0.3, -0.25) is 0 Å². The van der Waals surface area contributed by atoms with E-state index >= 15 is 0 Å². The van der Waals surface area contributed by atoms with E-state index in [1.54, 1.807) is 60.7 Å². The summed E-state index contributed by atoms with van der Waals surface area (Å²) < 4.78 is 26.4. The lowest BCUT2D eigenvalue weighted by atomic mass is 10.0. The van der Waals surface area contributed by atoms with Crippen molar-refractivity contribution in [3.8, 4) is 11.4 Å². The first kappa shape index (κ1) is 23.7. The molecule has 10 heteroatoms. The maximum Gasteiger partial charge on any atom is 0.319 e. The summed E-state index contributed by atoms with van der Waals surface area (Å²) in [4.78, 5) is 21.2. The Morgan fingerprint density at radius 2 is 1.68 bits per heavy atom. The molecule has 2 aromatic carbocycles. The molecule has 6 N–H and O–H groups in total. The fourth-order valence-corrected chi connectivity index (χ4v) is 6.50. The van der Waals surface area contributed by atoms with Crippen molar-refractivity contribution < 1.29 is 13.2 Å².